The number of benzene rings is 1. The lowest BCUT2D eigenvalue weighted by molar-refractivity contribution is 0.162. The van der Waals surface area contributed by atoms with Crippen molar-refractivity contribution in [2.45, 2.75) is 18.9 Å². The van der Waals surface area contributed by atoms with E-state index in [4.69, 9.17) is 16.3 Å². The van der Waals surface area contributed by atoms with Crippen LogP contribution in [-0.2, 0) is 0 Å². The van der Waals surface area contributed by atoms with Crippen molar-refractivity contribution >= 4 is 39.9 Å². The van der Waals surface area contributed by atoms with Crippen molar-refractivity contribution in [3.8, 4) is 5.75 Å². The van der Waals surface area contributed by atoms with E-state index in [1.165, 1.54) is 0 Å². The molecule has 1 heterocycles. The Morgan fingerprint density at radius 3 is 2.62 bits per heavy atom. The first-order valence-electron chi connectivity index (χ1n) is 5.08. The smallest absolute Gasteiger partial charge is 0.138 e. The van der Waals surface area contributed by atoms with Crippen LogP contribution in [0.25, 0.3) is 0 Å². The van der Waals surface area contributed by atoms with Crippen LogP contribution in [0.1, 0.15) is 12.8 Å². The lowest BCUT2D eigenvalue weighted by atomic mass is 10.1. The molecule has 1 fully saturated rings. The normalized spacial score (nSPS) is 16.6. The van der Waals surface area contributed by atoms with E-state index in [2.05, 4.69) is 21.2 Å². The van der Waals surface area contributed by atoms with E-state index in [-0.39, 0.29) is 12.4 Å². The van der Waals surface area contributed by atoms with Crippen LogP contribution in [0.5, 0.6) is 5.75 Å². The van der Waals surface area contributed by atoms with Crippen molar-refractivity contribution in [2.24, 2.45) is 0 Å². The van der Waals surface area contributed by atoms with Crippen LogP contribution in [0, 0.1) is 0 Å². The SMILES string of the molecule is Cl.Clc1cc(Br)ccc1OC1CCNCC1. The van der Waals surface area contributed by atoms with E-state index in [0.717, 1.165) is 36.2 Å². The van der Waals surface area contributed by atoms with Crippen molar-refractivity contribution in [1.82, 2.24) is 5.32 Å². The van der Waals surface area contributed by atoms with Crippen LogP contribution < -0.4 is 10.1 Å². The van der Waals surface area contributed by atoms with Crippen molar-refractivity contribution < 1.29 is 4.74 Å². The summed E-state index contributed by atoms with van der Waals surface area (Å²) in [5.41, 5.74) is 0. The van der Waals surface area contributed by atoms with Crippen LogP contribution in [0.4, 0.5) is 0 Å². The summed E-state index contributed by atoms with van der Waals surface area (Å²) in [5, 5.41) is 3.97. The molecule has 90 valence electrons. The number of rotatable bonds is 2. The van der Waals surface area contributed by atoms with E-state index >= 15 is 0 Å². The van der Waals surface area contributed by atoms with Crippen LogP contribution in [0.3, 0.4) is 0 Å². The highest BCUT2D eigenvalue weighted by Gasteiger charge is 2.15. The molecule has 1 N–H and O–H groups in total. The molecule has 0 aliphatic carbocycles. The van der Waals surface area contributed by atoms with Crippen LogP contribution >= 0.6 is 39.9 Å². The first-order valence-corrected chi connectivity index (χ1v) is 6.25. The summed E-state index contributed by atoms with van der Waals surface area (Å²) >= 11 is 9.45. The van der Waals surface area contributed by atoms with Gasteiger partial charge in [-0.2, -0.15) is 0 Å². The van der Waals surface area contributed by atoms with Gasteiger partial charge in [0.1, 0.15) is 11.9 Å². The zero-order valence-corrected chi connectivity index (χ0v) is 11.9. The molecule has 0 spiro atoms. The van der Waals surface area contributed by atoms with Gasteiger partial charge in [-0.1, -0.05) is 27.5 Å². The minimum atomic E-state index is 0. The van der Waals surface area contributed by atoms with E-state index in [9.17, 15) is 0 Å². The highest BCUT2D eigenvalue weighted by Crippen LogP contribution is 2.29. The molecule has 0 unspecified atom stereocenters. The zero-order valence-electron chi connectivity index (χ0n) is 8.71. The molecule has 0 aromatic heterocycles. The van der Waals surface area contributed by atoms with Gasteiger partial charge >= 0.3 is 0 Å². The maximum Gasteiger partial charge on any atom is 0.138 e. The second-order valence-corrected chi connectivity index (χ2v) is 4.96. The lowest BCUT2D eigenvalue weighted by Crippen LogP contribution is -2.34. The van der Waals surface area contributed by atoms with Gasteiger partial charge in [0, 0.05) is 4.47 Å². The lowest BCUT2D eigenvalue weighted by Gasteiger charge is -2.24. The molecule has 0 bridgehead atoms. The molecule has 1 aliphatic rings. The Morgan fingerprint density at radius 1 is 1.31 bits per heavy atom. The summed E-state index contributed by atoms with van der Waals surface area (Å²) in [6, 6.07) is 5.72. The van der Waals surface area contributed by atoms with Crippen LogP contribution in [-0.4, -0.2) is 19.2 Å². The fourth-order valence-corrected chi connectivity index (χ4v) is 2.38. The Kier molecular flexibility index (Phi) is 5.90. The summed E-state index contributed by atoms with van der Waals surface area (Å²) in [6.07, 6.45) is 2.39. The quantitative estimate of drug-likeness (QED) is 0.895. The molecule has 0 radical (unpaired) electrons. The fraction of sp³-hybridized carbons (Fsp3) is 0.455. The van der Waals surface area contributed by atoms with E-state index in [1.54, 1.807) is 0 Å². The Hall–Kier alpha value is 0.0400. The second-order valence-electron chi connectivity index (χ2n) is 3.64. The molecule has 2 rings (SSSR count). The van der Waals surface area contributed by atoms with E-state index < -0.39 is 0 Å². The molecule has 1 aromatic carbocycles. The van der Waals surface area contributed by atoms with E-state index in [1.807, 2.05) is 18.2 Å². The van der Waals surface area contributed by atoms with Crippen molar-refractivity contribution in [3.63, 3.8) is 0 Å². The molecule has 0 amide bonds. The standard InChI is InChI=1S/C11H13BrClNO.ClH/c12-8-1-2-11(10(13)7-8)15-9-3-5-14-6-4-9;/h1-2,7,9,14H,3-6H2;1H. The summed E-state index contributed by atoms with van der Waals surface area (Å²) < 4.78 is 6.83. The molecule has 1 saturated heterocycles. The van der Waals surface area contributed by atoms with Crippen LogP contribution in [0.2, 0.25) is 5.02 Å². The summed E-state index contributed by atoms with van der Waals surface area (Å²) in [7, 11) is 0. The van der Waals surface area contributed by atoms with Gasteiger partial charge in [-0.05, 0) is 44.1 Å². The minimum absolute atomic E-state index is 0. The highest BCUT2D eigenvalue weighted by atomic mass is 79.9. The van der Waals surface area contributed by atoms with Crippen molar-refractivity contribution in [2.75, 3.05) is 13.1 Å². The molecule has 0 atom stereocenters. The number of hydrogen-bond acceptors (Lipinski definition) is 2. The predicted molar refractivity (Wildman–Crippen MR) is 72.9 cm³/mol. The third kappa shape index (κ3) is 3.81. The average Bonchev–Trinajstić information content (AvgIpc) is 2.24. The van der Waals surface area contributed by atoms with Gasteiger partial charge in [0.2, 0.25) is 0 Å². The Balaban J connectivity index is 0.00000128. The fourth-order valence-electron chi connectivity index (χ4n) is 1.66. The molecule has 0 saturated carbocycles. The number of halogens is 3. The Morgan fingerprint density at radius 2 is 2.00 bits per heavy atom. The second kappa shape index (κ2) is 6.70. The van der Waals surface area contributed by atoms with Gasteiger partial charge in [-0.3, -0.25) is 0 Å². The van der Waals surface area contributed by atoms with Gasteiger partial charge in [0.15, 0.2) is 0 Å². The molecule has 1 aromatic rings. The maximum absolute atomic E-state index is 6.08. The maximum atomic E-state index is 6.08. The summed E-state index contributed by atoms with van der Waals surface area (Å²) in [4.78, 5) is 0. The number of ether oxygens (including phenoxy) is 1. The molecule has 2 nitrogen and oxygen atoms in total. The number of nitrogens with one attached hydrogen (secondary N) is 1. The molecule has 16 heavy (non-hydrogen) atoms. The van der Waals surface area contributed by atoms with Gasteiger partial charge in [-0.15, -0.1) is 12.4 Å². The average molecular weight is 327 g/mol. The molecular weight excluding hydrogens is 313 g/mol. The predicted octanol–water partition coefficient (Wildman–Crippen LogP) is 3.66. The Bertz CT molecular complexity index is 343. The van der Waals surface area contributed by atoms with Gasteiger partial charge in [-0.25, -0.2) is 0 Å². The minimum Gasteiger partial charge on any atom is -0.489 e. The first-order chi connectivity index (χ1) is 7.25. The molecule has 5 heteroatoms. The third-order valence-corrected chi connectivity index (χ3v) is 3.26. The molecular formula is C11H14BrCl2NO. The first kappa shape index (κ1) is 14.1. The largest absolute Gasteiger partial charge is 0.489 e. The highest BCUT2D eigenvalue weighted by molar-refractivity contribution is 9.10. The zero-order chi connectivity index (χ0) is 10.7. The topological polar surface area (TPSA) is 21.3 Å². The Labute approximate surface area is 115 Å². The van der Waals surface area contributed by atoms with Gasteiger partial charge < -0.3 is 10.1 Å². The summed E-state index contributed by atoms with van der Waals surface area (Å²) in [6.45, 7) is 2.05. The van der Waals surface area contributed by atoms with Crippen molar-refractivity contribution in [1.29, 1.82) is 0 Å². The van der Waals surface area contributed by atoms with Gasteiger partial charge in [0.25, 0.3) is 0 Å². The third-order valence-electron chi connectivity index (χ3n) is 2.47. The van der Waals surface area contributed by atoms with Gasteiger partial charge in [0.05, 0.1) is 5.02 Å². The number of hydrogen-bond donors (Lipinski definition) is 1. The van der Waals surface area contributed by atoms with E-state index in [0.29, 0.717) is 11.1 Å². The summed E-state index contributed by atoms with van der Waals surface area (Å²) in [5.74, 6) is 0.784. The molecule has 1 aliphatic heterocycles. The van der Waals surface area contributed by atoms with Crippen molar-refractivity contribution in [3.05, 3.63) is 27.7 Å². The monoisotopic (exact) mass is 325 g/mol. The van der Waals surface area contributed by atoms with Crippen LogP contribution in [0.15, 0.2) is 22.7 Å². The number of piperidine rings is 1.